The molecule has 0 atom stereocenters. The van der Waals surface area contributed by atoms with Crippen LogP contribution in [0, 0.1) is 28.7 Å². The molecule has 0 radical (unpaired) electrons. The molecular formula is C11H11F4N. The second-order valence-electron chi connectivity index (χ2n) is 3.40. The second-order valence-corrected chi connectivity index (χ2v) is 3.40. The van der Waals surface area contributed by atoms with Crippen LogP contribution in [-0.4, -0.2) is 6.21 Å². The van der Waals surface area contributed by atoms with Gasteiger partial charge in [-0.3, -0.25) is 0 Å². The van der Waals surface area contributed by atoms with Gasteiger partial charge in [0.1, 0.15) is 0 Å². The number of halogens is 4. The van der Waals surface area contributed by atoms with E-state index < -0.39 is 34.4 Å². The van der Waals surface area contributed by atoms with Crippen LogP contribution in [0.2, 0.25) is 0 Å². The van der Waals surface area contributed by atoms with Gasteiger partial charge in [0.15, 0.2) is 23.3 Å². The van der Waals surface area contributed by atoms with Gasteiger partial charge in [-0.25, -0.2) is 17.6 Å². The summed E-state index contributed by atoms with van der Waals surface area (Å²) in [6.45, 7) is 1.80. The van der Waals surface area contributed by atoms with Gasteiger partial charge in [0.2, 0.25) is 0 Å². The number of benzene rings is 1. The fourth-order valence-electron chi connectivity index (χ4n) is 1.39. The van der Waals surface area contributed by atoms with Crippen molar-refractivity contribution < 1.29 is 17.6 Å². The lowest BCUT2D eigenvalue weighted by Crippen LogP contribution is -2.08. The molecule has 0 aromatic heterocycles. The molecule has 0 aliphatic carbocycles. The first-order valence-corrected chi connectivity index (χ1v) is 4.89. The lowest BCUT2D eigenvalue weighted by Gasteiger charge is -2.08. The predicted octanol–water partition coefficient (Wildman–Crippen LogP) is 3.58. The quantitative estimate of drug-likeness (QED) is 0.467. The Kier molecular flexibility index (Phi) is 4.04. The highest BCUT2D eigenvalue weighted by Crippen LogP contribution is 2.24. The summed E-state index contributed by atoms with van der Waals surface area (Å²) in [5.41, 5.74) is -1.56. The normalized spacial score (nSPS) is 10.6. The molecule has 0 spiro atoms. The van der Waals surface area contributed by atoms with Crippen LogP contribution in [0.1, 0.15) is 30.9 Å². The van der Waals surface area contributed by atoms with Crippen LogP contribution in [0.5, 0.6) is 0 Å². The van der Waals surface area contributed by atoms with Crippen LogP contribution < -0.4 is 0 Å². The largest absolute Gasteiger partial charge is 0.308 e. The van der Waals surface area contributed by atoms with Crippen LogP contribution in [0.15, 0.2) is 0 Å². The maximum absolute atomic E-state index is 13.3. The van der Waals surface area contributed by atoms with Crippen LogP contribution in [0.25, 0.3) is 0 Å². The maximum Gasteiger partial charge on any atom is 0.171 e. The summed E-state index contributed by atoms with van der Waals surface area (Å²) in [6.07, 6.45) is 1.31. The molecule has 1 rings (SSSR count). The van der Waals surface area contributed by atoms with E-state index in [1.165, 1.54) is 0 Å². The van der Waals surface area contributed by atoms with E-state index in [-0.39, 0.29) is 12.6 Å². The minimum Gasteiger partial charge on any atom is -0.308 e. The standard InChI is InChI=1S/C11H11F4N/c1-2-3-4-6-8(12)10(14)7(5-16)11(15)9(6)13/h5,16H,2-4H2,1H3. The van der Waals surface area contributed by atoms with Crippen molar-refractivity contribution in [2.75, 3.05) is 0 Å². The molecule has 5 heteroatoms. The molecule has 1 N–H and O–H groups in total. The topological polar surface area (TPSA) is 23.9 Å². The monoisotopic (exact) mass is 233 g/mol. The average molecular weight is 233 g/mol. The Hall–Kier alpha value is -1.39. The van der Waals surface area contributed by atoms with Crippen LogP contribution >= 0.6 is 0 Å². The third-order valence-corrected chi connectivity index (χ3v) is 2.31. The minimum absolute atomic E-state index is 0.0553. The molecule has 0 aliphatic rings. The Morgan fingerprint density at radius 3 is 1.88 bits per heavy atom. The zero-order valence-corrected chi connectivity index (χ0v) is 8.71. The number of hydrogen-bond acceptors (Lipinski definition) is 1. The number of rotatable bonds is 4. The fraction of sp³-hybridized carbons (Fsp3) is 0.364. The second kappa shape index (κ2) is 5.09. The third-order valence-electron chi connectivity index (χ3n) is 2.31. The van der Waals surface area contributed by atoms with Crippen molar-refractivity contribution in [2.24, 2.45) is 0 Å². The molecule has 0 amide bonds. The van der Waals surface area contributed by atoms with Crippen molar-refractivity contribution in [3.05, 3.63) is 34.4 Å². The molecule has 1 aromatic rings. The molecule has 88 valence electrons. The van der Waals surface area contributed by atoms with Crippen LogP contribution in [-0.2, 0) is 6.42 Å². The van der Waals surface area contributed by atoms with E-state index in [0.29, 0.717) is 12.8 Å². The van der Waals surface area contributed by atoms with E-state index in [0.717, 1.165) is 0 Å². The molecule has 0 fully saturated rings. The summed E-state index contributed by atoms with van der Waals surface area (Å²) in [4.78, 5) is 0. The van der Waals surface area contributed by atoms with E-state index in [1.807, 2.05) is 0 Å². The van der Waals surface area contributed by atoms with E-state index in [1.54, 1.807) is 6.92 Å². The molecule has 1 aromatic carbocycles. The van der Waals surface area contributed by atoms with Crippen LogP contribution in [0.3, 0.4) is 0 Å². The van der Waals surface area contributed by atoms with Gasteiger partial charge in [-0.1, -0.05) is 13.3 Å². The molecule has 0 saturated heterocycles. The Balaban J connectivity index is 3.35. The van der Waals surface area contributed by atoms with Gasteiger partial charge >= 0.3 is 0 Å². The summed E-state index contributed by atoms with van der Waals surface area (Å²) in [5, 5.41) is 6.69. The van der Waals surface area contributed by atoms with Crippen molar-refractivity contribution in [3.8, 4) is 0 Å². The van der Waals surface area contributed by atoms with Gasteiger partial charge in [-0.05, 0) is 12.8 Å². The average Bonchev–Trinajstić information content (AvgIpc) is 2.27. The Morgan fingerprint density at radius 2 is 1.50 bits per heavy atom. The van der Waals surface area contributed by atoms with E-state index in [2.05, 4.69) is 0 Å². The van der Waals surface area contributed by atoms with Crippen molar-refractivity contribution in [1.29, 1.82) is 5.41 Å². The maximum atomic E-state index is 13.3. The lowest BCUT2D eigenvalue weighted by molar-refractivity contribution is 0.435. The number of nitrogens with one attached hydrogen (secondary N) is 1. The molecular weight excluding hydrogens is 222 g/mol. The fourth-order valence-corrected chi connectivity index (χ4v) is 1.39. The molecule has 0 bridgehead atoms. The molecule has 0 aliphatic heterocycles. The molecule has 0 heterocycles. The Morgan fingerprint density at radius 1 is 1.00 bits per heavy atom. The molecule has 0 saturated carbocycles. The summed E-state index contributed by atoms with van der Waals surface area (Å²) >= 11 is 0. The smallest absolute Gasteiger partial charge is 0.171 e. The van der Waals surface area contributed by atoms with Gasteiger partial charge in [-0.15, -0.1) is 0 Å². The van der Waals surface area contributed by atoms with Gasteiger partial charge < -0.3 is 5.41 Å². The predicted molar refractivity (Wildman–Crippen MR) is 52.8 cm³/mol. The third kappa shape index (κ3) is 2.08. The van der Waals surface area contributed by atoms with E-state index in [4.69, 9.17) is 5.41 Å². The highest BCUT2D eigenvalue weighted by atomic mass is 19.2. The van der Waals surface area contributed by atoms with Crippen molar-refractivity contribution in [2.45, 2.75) is 26.2 Å². The highest BCUT2D eigenvalue weighted by molar-refractivity contribution is 5.78. The van der Waals surface area contributed by atoms with E-state index in [9.17, 15) is 17.6 Å². The van der Waals surface area contributed by atoms with E-state index >= 15 is 0 Å². The number of unbranched alkanes of at least 4 members (excludes halogenated alkanes) is 1. The zero-order chi connectivity index (χ0) is 12.3. The molecule has 16 heavy (non-hydrogen) atoms. The van der Waals surface area contributed by atoms with Crippen molar-refractivity contribution in [3.63, 3.8) is 0 Å². The minimum atomic E-state index is -1.50. The molecule has 1 nitrogen and oxygen atoms in total. The SMILES string of the molecule is CCCCc1c(F)c(F)c(C=N)c(F)c1F. The van der Waals surface area contributed by atoms with Gasteiger partial charge in [0.05, 0.1) is 5.56 Å². The lowest BCUT2D eigenvalue weighted by atomic mass is 10.0. The van der Waals surface area contributed by atoms with Gasteiger partial charge in [0, 0.05) is 11.8 Å². The Labute approximate surface area is 90.6 Å². The van der Waals surface area contributed by atoms with Gasteiger partial charge in [0.25, 0.3) is 0 Å². The van der Waals surface area contributed by atoms with Crippen LogP contribution in [0.4, 0.5) is 17.6 Å². The first-order chi connectivity index (χ1) is 7.54. The number of hydrogen-bond donors (Lipinski definition) is 1. The zero-order valence-electron chi connectivity index (χ0n) is 8.71. The van der Waals surface area contributed by atoms with Gasteiger partial charge in [-0.2, -0.15) is 0 Å². The summed E-state index contributed by atoms with van der Waals surface area (Å²) in [6, 6.07) is 0. The first kappa shape index (κ1) is 12.7. The highest BCUT2D eigenvalue weighted by Gasteiger charge is 2.23. The first-order valence-electron chi connectivity index (χ1n) is 4.89. The van der Waals surface area contributed by atoms with Crippen molar-refractivity contribution in [1.82, 2.24) is 0 Å². The van der Waals surface area contributed by atoms with Crippen molar-refractivity contribution >= 4 is 6.21 Å². The molecule has 0 unspecified atom stereocenters. The Bertz CT molecular complexity index is 386. The summed E-state index contributed by atoms with van der Waals surface area (Å²) in [5.74, 6) is -5.79. The summed E-state index contributed by atoms with van der Waals surface area (Å²) in [7, 11) is 0. The summed E-state index contributed by atoms with van der Waals surface area (Å²) < 4.78 is 53.1.